The molecule has 0 fully saturated rings. The summed E-state index contributed by atoms with van der Waals surface area (Å²) in [6.07, 6.45) is 2.28. The van der Waals surface area contributed by atoms with Gasteiger partial charge in [0.2, 0.25) is 0 Å². The normalized spacial score (nSPS) is 14.3. The average Bonchev–Trinajstić information content (AvgIpc) is 2.95. The highest BCUT2D eigenvalue weighted by Crippen LogP contribution is 2.24. The largest absolute Gasteiger partial charge is 0.468 e. The van der Waals surface area contributed by atoms with E-state index in [9.17, 15) is 9.50 Å². The van der Waals surface area contributed by atoms with Gasteiger partial charge in [0, 0.05) is 11.6 Å². The van der Waals surface area contributed by atoms with Gasteiger partial charge in [-0.3, -0.25) is 5.32 Å². The fraction of sp³-hybridized carbons (Fsp3) is 0.333. The van der Waals surface area contributed by atoms with Gasteiger partial charge in [-0.25, -0.2) is 4.39 Å². The number of rotatable bonds is 6. The summed E-state index contributed by atoms with van der Waals surface area (Å²) in [5, 5.41) is 12.7. The Bertz CT molecular complexity index is 499. The summed E-state index contributed by atoms with van der Waals surface area (Å²) in [6, 6.07) is 9.74. The number of halogens is 1. The van der Waals surface area contributed by atoms with Crippen molar-refractivity contribution in [1.82, 2.24) is 5.32 Å². The van der Waals surface area contributed by atoms with E-state index in [0.717, 1.165) is 6.42 Å². The SMILES string of the molecule is CC[C@H](N[C@H](CO)c1ccco1)c1ccccc1F. The van der Waals surface area contributed by atoms with Crippen LogP contribution >= 0.6 is 0 Å². The Morgan fingerprint density at radius 1 is 1.21 bits per heavy atom. The highest BCUT2D eigenvalue weighted by molar-refractivity contribution is 5.21. The molecule has 3 nitrogen and oxygen atoms in total. The lowest BCUT2D eigenvalue weighted by Crippen LogP contribution is -2.28. The van der Waals surface area contributed by atoms with Gasteiger partial charge in [-0.15, -0.1) is 0 Å². The quantitative estimate of drug-likeness (QED) is 0.841. The molecule has 0 bridgehead atoms. The Balaban J connectivity index is 2.17. The fourth-order valence-corrected chi connectivity index (χ4v) is 2.14. The zero-order valence-corrected chi connectivity index (χ0v) is 10.8. The third-order valence-corrected chi connectivity index (χ3v) is 3.16. The first kappa shape index (κ1) is 13.8. The number of furan rings is 1. The summed E-state index contributed by atoms with van der Waals surface area (Å²) in [7, 11) is 0. The van der Waals surface area contributed by atoms with E-state index in [1.54, 1.807) is 30.5 Å². The van der Waals surface area contributed by atoms with Crippen molar-refractivity contribution in [1.29, 1.82) is 0 Å². The zero-order valence-electron chi connectivity index (χ0n) is 10.8. The molecule has 4 heteroatoms. The van der Waals surface area contributed by atoms with Gasteiger partial charge < -0.3 is 9.52 Å². The van der Waals surface area contributed by atoms with Crippen LogP contribution in [0.3, 0.4) is 0 Å². The van der Waals surface area contributed by atoms with Crippen LogP contribution in [0, 0.1) is 5.82 Å². The van der Waals surface area contributed by atoms with Crippen LogP contribution in [-0.2, 0) is 0 Å². The smallest absolute Gasteiger partial charge is 0.127 e. The number of aliphatic hydroxyl groups is 1. The highest BCUT2D eigenvalue weighted by atomic mass is 19.1. The van der Waals surface area contributed by atoms with Crippen molar-refractivity contribution in [2.45, 2.75) is 25.4 Å². The molecule has 2 aromatic rings. The van der Waals surface area contributed by atoms with Crippen LogP contribution in [0.15, 0.2) is 47.1 Å². The number of hydrogen-bond acceptors (Lipinski definition) is 3. The molecule has 1 aromatic carbocycles. The van der Waals surface area contributed by atoms with E-state index < -0.39 is 0 Å². The minimum absolute atomic E-state index is 0.0987. The van der Waals surface area contributed by atoms with Crippen LogP contribution in [0.4, 0.5) is 4.39 Å². The van der Waals surface area contributed by atoms with Gasteiger partial charge in [-0.05, 0) is 24.6 Å². The van der Waals surface area contributed by atoms with Gasteiger partial charge in [-0.1, -0.05) is 25.1 Å². The maximum absolute atomic E-state index is 13.8. The van der Waals surface area contributed by atoms with Crippen LogP contribution in [-0.4, -0.2) is 11.7 Å². The third kappa shape index (κ3) is 3.22. The summed E-state index contributed by atoms with van der Waals surface area (Å²) in [5.74, 6) is 0.412. The second-order valence-corrected chi connectivity index (χ2v) is 4.40. The van der Waals surface area contributed by atoms with Crippen molar-refractivity contribution in [3.8, 4) is 0 Å². The van der Waals surface area contributed by atoms with Crippen molar-refractivity contribution in [3.63, 3.8) is 0 Å². The van der Waals surface area contributed by atoms with E-state index in [4.69, 9.17) is 4.42 Å². The Kier molecular flexibility index (Phi) is 4.71. The van der Waals surface area contributed by atoms with Gasteiger partial charge in [0.25, 0.3) is 0 Å². The number of benzene rings is 1. The van der Waals surface area contributed by atoms with Crippen molar-refractivity contribution in [2.75, 3.05) is 6.61 Å². The second kappa shape index (κ2) is 6.50. The Morgan fingerprint density at radius 2 is 2.00 bits per heavy atom. The van der Waals surface area contributed by atoms with Crippen LogP contribution in [0.5, 0.6) is 0 Å². The summed E-state index contributed by atoms with van der Waals surface area (Å²) < 4.78 is 19.1. The molecule has 0 aliphatic heterocycles. The lowest BCUT2D eigenvalue weighted by Gasteiger charge is -2.23. The van der Waals surface area contributed by atoms with Crippen LogP contribution in [0.25, 0.3) is 0 Å². The molecule has 2 rings (SSSR count). The van der Waals surface area contributed by atoms with Crippen LogP contribution in [0.1, 0.15) is 36.8 Å². The maximum Gasteiger partial charge on any atom is 0.127 e. The van der Waals surface area contributed by atoms with Crippen molar-refractivity contribution in [3.05, 3.63) is 59.8 Å². The molecular formula is C15H18FNO2. The number of hydrogen-bond donors (Lipinski definition) is 2. The zero-order chi connectivity index (χ0) is 13.7. The summed E-state index contributed by atoms with van der Waals surface area (Å²) in [4.78, 5) is 0. The molecular weight excluding hydrogens is 245 g/mol. The van der Waals surface area contributed by atoms with E-state index in [0.29, 0.717) is 11.3 Å². The second-order valence-electron chi connectivity index (χ2n) is 4.40. The van der Waals surface area contributed by atoms with E-state index in [2.05, 4.69) is 5.32 Å². The molecule has 2 N–H and O–H groups in total. The lowest BCUT2D eigenvalue weighted by molar-refractivity contribution is 0.213. The molecule has 2 atom stereocenters. The molecule has 0 saturated heterocycles. The molecule has 0 aliphatic carbocycles. The van der Waals surface area contributed by atoms with E-state index >= 15 is 0 Å². The summed E-state index contributed by atoms with van der Waals surface area (Å²) in [6.45, 7) is 1.87. The molecule has 0 saturated carbocycles. The van der Waals surface area contributed by atoms with Gasteiger partial charge in [0.05, 0.1) is 18.9 Å². The molecule has 1 heterocycles. The van der Waals surface area contributed by atoms with E-state index in [1.165, 1.54) is 6.07 Å². The maximum atomic E-state index is 13.8. The third-order valence-electron chi connectivity index (χ3n) is 3.16. The summed E-state index contributed by atoms with van der Waals surface area (Å²) >= 11 is 0. The van der Waals surface area contributed by atoms with Gasteiger partial charge in [-0.2, -0.15) is 0 Å². The minimum Gasteiger partial charge on any atom is -0.468 e. The number of nitrogens with one attached hydrogen (secondary N) is 1. The average molecular weight is 263 g/mol. The highest BCUT2D eigenvalue weighted by Gasteiger charge is 2.20. The fourth-order valence-electron chi connectivity index (χ4n) is 2.14. The first-order valence-corrected chi connectivity index (χ1v) is 6.41. The van der Waals surface area contributed by atoms with Crippen LogP contribution < -0.4 is 5.32 Å². The molecule has 0 amide bonds. The predicted molar refractivity (Wildman–Crippen MR) is 71.1 cm³/mol. The van der Waals surface area contributed by atoms with Crippen molar-refractivity contribution in [2.24, 2.45) is 0 Å². The van der Waals surface area contributed by atoms with Gasteiger partial charge >= 0.3 is 0 Å². The van der Waals surface area contributed by atoms with Gasteiger partial charge in [0.1, 0.15) is 11.6 Å². The predicted octanol–water partition coefficient (Wildman–Crippen LogP) is 3.19. The Morgan fingerprint density at radius 3 is 2.58 bits per heavy atom. The topological polar surface area (TPSA) is 45.4 Å². The summed E-state index contributed by atoms with van der Waals surface area (Å²) in [5.41, 5.74) is 0.606. The molecule has 0 aliphatic rings. The first-order chi connectivity index (χ1) is 9.26. The monoisotopic (exact) mass is 263 g/mol. The molecule has 102 valence electrons. The van der Waals surface area contributed by atoms with E-state index in [-0.39, 0.29) is 24.5 Å². The van der Waals surface area contributed by atoms with Gasteiger partial charge in [0.15, 0.2) is 0 Å². The first-order valence-electron chi connectivity index (χ1n) is 6.41. The lowest BCUT2D eigenvalue weighted by atomic mass is 10.0. The molecule has 0 unspecified atom stereocenters. The molecule has 0 spiro atoms. The minimum atomic E-state index is -0.334. The molecule has 19 heavy (non-hydrogen) atoms. The van der Waals surface area contributed by atoms with E-state index in [1.807, 2.05) is 13.0 Å². The molecule has 1 aromatic heterocycles. The van der Waals surface area contributed by atoms with Crippen molar-refractivity contribution < 1.29 is 13.9 Å². The number of aliphatic hydroxyl groups excluding tert-OH is 1. The Hall–Kier alpha value is -1.65. The van der Waals surface area contributed by atoms with Crippen molar-refractivity contribution >= 4 is 0 Å². The van der Waals surface area contributed by atoms with Crippen LogP contribution in [0.2, 0.25) is 0 Å². The molecule has 0 radical (unpaired) electrons. The Labute approximate surface area is 112 Å². The standard InChI is InChI=1S/C15H18FNO2/c1-2-13(11-6-3-4-7-12(11)16)17-14(10-18)15-8-5-9-19-15/h3-9,13-14,17-18H,2,10H2,1H3/t13-,14+/m0/s1.